The van der Waals surface area contributed by atoms with Gasteiger partial charge in [0.2, 0.25) is 5.91 Å². The molecule has 6 nitrogen and oxygen atoms in total. The molecule has 4 N–H and O–H groups in total. The van der Waals surface area contributed by atoms with Crippen molar-refractivity contribution in [2.75, 3.05) is 11.9 Å². The Morgan fingerprint density at radius 1 is 1.23 bits per heavy atom. The van der Waals surface area contributed by atoms with Crippen molar-refractivity contribution in [1.29, 1.82) is 0 Å². The van der Waals surface area contributed by atoms with Gasteiger partial charge in [0.15, 0.2) is 5.13 Å². The minimum Gasteiger partial charge on any atom is -0.349 e. The van der Waals surface area contributed by atoms with Crippen LogP contribution in [0.25, 0.3) is 0 Å². The fourth-order valence-electron chi connectivity index (χ4n) is 2.28. The minimum atomic E-state index is -0.358. The molecule has 146 valence electrons. The lowest BCUT2D eigenvalue weighted by atomic mass is 9.92. The van der Waals surface area contributed by atoms with E-state index >= 15 is 0 Å². The van der Waals surface area contributed by atoms with E-state index in [1.165, 1.54) is 22.7 Å². The van der Waals surface area contributed by atoms with E-state index in [0.29, 0.717) is 22.2 Å². The van der Waals surface area contributed by atoms with Gasteiger partial charge in [-0.2, -0.15) is 0 Å². The third kappa shape index (κ3) is 6.51. The molecule has 0 radical (unpaired) electrons. The van der Waals surface area contributed by atoms with E-state index in [0.717, 1.165) is 12.8 Å². The predicted octanol–water partition coefficient (Wildman–Crippen LogP) is 3.48. The van der Waals surface area contributed by atoms with Crippen molar-refractivity contribution in [3.8, 4) is 0 Å². The number of aromatic nitrogens is 1. The molecule has 0 atom stereocenters. The van der Waals surface area contributed by atoms with Crippen LogP contribution in [-0.4, -0.2) is 28.9 Å². The number of thiophene rings is 1. The van der Waals surface area contributed by atoms with Gasteiger partial charge in [-0.1, -0.05) is 19.9 Å². The van der Waals surface area contributed by atoms with Crippen LogP contribution < -0.4 is 16.4 Å². The highest BCUT2D eigenvalue weighted by Gasteiger charge is 2.26. The van der Waals surface area contributed by atoms with Crippen molar-refractivity contribution < 1.29 is 9.59 Å². The van der Waals surface area contributed by atoms with Gasteiger partial charge in [0.1, 0.15) is 0 Å². The number of nitrogens with one attached hydrogen (secondary N) is 2. The number of anilines is 1. The van der Waals surface area contributed by atoms with Crippen LogP contribution in [0.15, 0.2) is 22.9 Å². The number of thiazole rings is 1. The van der Waals surface area contributed by atoms with Gasteiger partial charge < -0.3 is 11.1 Å². The standard InChI is InChI=1S/C16H22N4O2S2.2ClH/c1-3-16(4-2,10-17)20-13(21)8-11-9-24-15(18-11)19-14(22)12-6-5-7-23-12;;/h5-7,9H,3-4,8,10,17H2,1-2H3,(H,20,21)(H,18,19,22);2*1H. The van der Waals surface area contributed by atoms with E-state index in [4.69, 9.17) is 5.73 Å². The molecule has 10 heteroatoms. The first-order valence-electron chi connectivity index (χ1n) is 7.82. The lowest BCUT2D eigenvalue weighted by Crippen LogP contribution is -2.53. The molecular weight excluding hydrogens is 415 g/mol. The zero-order valence-electron chi connectivity index (χ0n) is 14.6. The number of hydrogen-bond acceptors (Lipinski definition) is 6. The first-order valence-corrected chi connectivity index (χ1v) is 9.58. The van der Waals surface area contributed by atoms with Crippen molar-refractivity contribution in [1.82, 2.24) is 10.3 Å². The van der Waals surface area contributed by atoms with E-state index in [1.54, 1.807) is 11.4 Å². The van der Waals surface area contributed by atoms with E-state index in [1.807, 2.05) is 25.3 Å². The maximum Gasteiger partial charge on any atom is 0.267 e. The summed E-state index contributed by atoms with van der Waals surface area (Å²) < 4.78 is 0. The number of rotatable bonds is 8. The van der Waals surface area contributed by atoms with Gasteiger partial charge in [0, 0.05) is 11.9 Å². The van der Waals surface area contributed by atoms with Crippen molar-refractivity contribution >= 4 is 64.4 Å². The Balaban J connectivity index is 0.00000312. The van der Waals surface area contributed by atoms with Gasteiger partial charge in [0.05, 0.1) is 22.5 Å². The summed E-state index contributed by atoms with van der Waals surface area (Å²) in [6.45, 7) is 4.43. The summed E-state index contributed by atoms with van der Waals surface area (Å²) >= 11 is 2.68. The molecule has 0 fully saturated rings. The van der Waals surface area contributed by atoms with Gasteiger partial charge in [-0.05, 0) is 24.3 Å². The third-order valence-corrected chi connectivity index (χ3v) is 5.68. The Bertz CT molecular complexity index is 680. The second-order valence-electron chi connectivity index (χ2n) is 5.49. The van der Waals surface area contributed by atoms with Crippen LogP contribution in [-0.2, 0) is 11.2 Å². The molecule has 26 heavy (non-hydrogen) atoms. The van der Waals surface area contributed by atoms with Gasteiger partial charge in [-0.15, -0.1) is 47.5 Å². The molecule has 2 aromatic rings. The van der Waals surface area contributed by atoms with E-state index in [2.05, 4.69) is 15.6 Å². The number of carbonyl (C=O) groups is 2. The average Bonchev–Trinajstić information content (AvgIpc) is 3.25. The summed E-state index contributed by atoms with van der Waals surface area (Å²) in [5, 5.41) is 9.88. The number of amides is 2. The Kier molecular flexibility index (Phi) is 11.0. The van der Waals surface area contributed by atoms with Crippen LogP contribution in [0, 0.1) is 0 Å². The number of hydrogen-bond donors (Lipinski definition) is 3. The van der Waals surface area contributed by atoms with E-state index in [9.17, 15) is 9.59 Å². The average molecular weight is 439 g/mol. The SMILES string of the molecule is CCC(CC)(CN)NC(=O)Cc1csc(NC(=O)c2cccs2)n1.Cl.Cl. The molecular formula is C16H24Cl2N4O2S2. The van der Waals surface area contributed by atoms with Crippen molar-refractivity contribution in [3.63, 3.8) is 0 Å². The summed E-state index contributed by atoms with van der Waals surface area (Å²) in [4.78, 5) is 29.2. The maximum atomic E-state index is 12.2. The topological polar surface area (TPSA) is 97.1 Å². The lowest BCUT2D eigenvalue weighted by Gasteiger charge is -2.31. The molecule has 0 aliphatic rings. The first kappa shape index (κ1) is 24.8. The van der Waals surface area contributed by atoms with Gasteiger partial charge in [-0.3, -0.25) is 14.9 Å². The van der Waals surface area contributed by atoms with Crippen molar-refractivity contribution in [2.45, 2.75) is 38.6 Å². The summed E-state index contributed by atoms with van der Waals surface area (Å²) in [5.41, 5.74) is 6.08. The van der Waals surface area contributed by atoms with Crippen LogP contribution in [0.1, 0.15) is 42.1 Å². The largest absolute Gasteiger partial charge is 0.349 e. The second kappa shape index (κ2) is 11.5. The number of carbonyl (C=O) groups excluding carboxylic acids is 2. The fraction of sp³-hybridized carbons (Fsp3) is 0.438. The Hall–Kier alpha value is -1.19. The number of nitrogens with two attached hydrogens (primary N) is 1. The molecule has 0 aliphatic carbocycles. The molecule has 0 saturated carbocycles. The first-order chi connectivity index (χ1) is 11.5. The molecule has 0 spiro atoms. The van der Waals surface area contributed by atoms with Gasteiger partial charge >= 0.3 is 0 Å². The van der Waals surface area contributed by atoms with Crippen LogP contribution >= 0.6 is 47.5 Å². The smallest absolute Gasteiger partial charge is 0.267 e. The van der Waals surface area contributed by atoms with Crippen molar-refractivity contribution in [3.05, 3.63) is 33.5 Å². The predicted molar refractivity (Wildman–Crippen MR) is 113 cm³/mol. The fourth-order valence-corrected chi connectivity index (χ4v) is 3.61. The minimum absolute atomic E-state index is 0. The molecule has 2 heterocycles. The normalized spacial score (nSPS) is 10.4. The van der Waals surface area contributed by atoms with Crippen LogP contribution in [0.4, 0.5) is 5.13 Å². The number of halogens is 2. The monoisotopic (exact) mass is 438 g/mol. The van der Waals surface area contributed by atoms with Gasteiger partial charge in [-0.25, -0.2) is 4.98 Å². The molecule has 0 bridgehead atoms. The quantitative estimate of drug-likeness (QED) is 0.587. The zero-order valence-corrected chi connectivity index (χ0v) is 17.9. The zero-order chi connectivity index (χ0) is 17.6. The summed E-state index contributed by atoms with van der Waals surface area (Å²) in [7, 11) is 0. The summed E-state index contributed by atoms with van der Waals surface area (Å²) in [6, 6.07) is 3.58. The number of nitrogens with zero attached hydrogens (tertiary/aromatic N) is 1. The van der Waals surface area contributed by atoms with Gasteiger partial charge in [0.25, 0.3) is 5.91 Å². The lowest BCUT2D eigenvalue weighted by molar-refractivity contribution is -0.122. The van der Waals surface area contributed by atoms with E-state index < -0.39 is 0 Å². The Morgan fingerprint density at radius 2 is 1.92 bits per heavy atom. The highest BCUT2D eigenvalue weighted by Crippen LogP contribution is 2.19. The molecule has 2 amide bonds. The third-order valence-electron chi connectivity index (χ3n) is 4.01. The summed E-state index contributed by atoms with van der Waals surface area (Å²) in [6.07, 6.45) is 1.74. The maximum absolute atomic E-state index is 12.2. The van der Waals surface area contributed by atoms with Crippen molar-refractivity contribution in [2.24, 2.45) is 5.73 Å². The van der Waals surface area contributed by atoms with Crippen LogP contribution in [0.3, 0.4) is 0 Å². The second-order valence-corrected chi connectivity index (χ2v) is 7.30. The highest BCUT2D eigenvalue weighted by molar-refractivity contribution is 7.14. The Labute approximate surface area is 173 Å². The molecule has 0 unspecified atom stereocenters. The Morgan fingerprint density at radius 3 is 2.46 bits per heavy atom. The van der Waals surface area contributed by atoms with Crippen LogP contribution in [0.2, 0.25) is 0 Å². The molecule has 0 aromatic carbocycles. The molecule has 2 aromatic heterocycles. The van der Waals surface area contributed by atoms with E-state index in [-0.39, 0.29) is 48.6 Å². The molecule has 0 saturated heterocycles. The molecule has 2 rings (SSSR count). The molecule has 0 aliphatic heterocycles. The van der Waals surface area contributed by atoms with Crippen LogP contribution in [0.5, 0.6) is 0 Å². The highest BCUT2D eigenvalue weighted by atomic mass is 35.5. The summed E-state index contributed by atoms with van der Waals surface area (Å²) in [5.74, 6) is -0.292.